The van der Waals surface area contributed by atoms with Crippen molar-refractivity contribution in [1.82, 2.24) is 10.9 Å². The average molecular weight is 384 g/mol. The Balaban J connectivity index is 1.83. The second-order valence-corrected chi connectivity index (χ2v) is 6.09. The van der Waals surface area contributed by atoms with Crippen molar-refractivity contribution in [2.45, 2.75) is 26.7 Å². The van der Waals surface area contributed by atoms with E-state index in [0.29, 0.717) is 29.2 Å². The number of Topliss-reactive ketones (excluding diaryl/α,β-unsaturated/α-hetero) is 1. The molecule has 2 amide bonds. The number of ketones is 1. The van der Waals surface area contributed by atoms with Crippen LogP contribution >= 0.6 is 0 Å². The zero-order chi connectivity index (χ0) is 20.5. The molecule has 0 heterocycles. The highest BCUT2D eigenvalue weighted by Crippen LogP contribution is 2.21. The minimum atomic E-state index is -0.459. The molecule has 0 unspecified atom stereocenters. The Hall–Kier alpha value is -3.35. The number of nitrogens with one attached hydrogen (secondary N) is 2. The molecule has 2 rings (SSSR count). The van der Waals surface area contributed by atoms with Crippen LogP contribution < -0.4 is 20.3 Å². The van der Waals surface area contributed by atoms with Gasteiger partial charge in [0.25, 0.3) is 5.91 Å². The second kappa shape index (κ2) is 10.1. The van der Waals surface area contributed by atoms with E-state index in [1.54, 1.807) is 36.4 Å². The van der Waals surface area contributed by atoms with E-state index in [4.69, 9.17) is 9.47 Å². The fraction of sp³-hybridized carbons (Fsp3) is 0.286. The minimum Gasteiger partial charge on any atom is -0.496 e. The average Bonchev–Trinajstić information content (AvgIpc) is 2.71. The second-order valence-electron chi connectivity index (χ2n) is 6.09. The normalized spacial score (nSPS) is 10.1. The molecule has 0 fully saturated rings. The van der Waals surface area contributed by atoms with Gasteiger partial charge in [-0.2, -0.15) is 0 Å². The van der Waals surface area contributed by atoms with Crippen molar-refractivity contribution in [3.05, 3.63) is 59.2 Å². The maximum atomic E-state index is 12.4. The van der Waals surface area contributed by atoms with Gasteiger partial charge in [0.2, 0.25) is 5.91 Å². The van der Waals surface area contributed by atoms with Crippen LogP contribution in [0.3, 0.4) is 0 Å². The maximum Gasteiger partial charge on any atom is 0.269 e. The topological polar surface area (TPSA) is 93.7 Å². The monoisotopic (exact) mass is 384 g/mol. The fourth-order valence-electron chi connectivity index (χ4n) is 2.53. The van der Waals surface area contributed by atoms with Crippen LogP contribution in [0.4, 0.5) is 0 Å². The SMILES string of the molecule is CCOc1ccc(C(=O)NNC(=O)CCC(=O)c2cc(C)ccc2OC)cc1. The van der Waals surface area contributed by atoms with Crippen LogP contribution in [0.15, 0.2) is 42.5 Å². The molecule has 148 valence electrons. The highest BCUT2D eigenvalue weighted by molar-refractivity contribution is 6.01. The smallest absolute Gasteiger partial charge is 0.269 e. The van der Waals surface area contributed by atoms with Crippen LogP contribution in [-0.4, -0.2) is 31.3 Å². The van der Waals surface area contributed by atoms with Gasteiger partial charge < -0.3 is 9.47 Å². The molecule has 0 aliphatic heterocycles. The summed E-state index contributed by atoms with van der Waals surface area (Å²) in [5, 5.41) is 0. The van der Waals surface area contributed by atoms with E-state index in [0.717, 1.165) is 5.56 Å². The molecule has 28 heavy (non-hydrogen) atoms. The number of carbonyl (C=O) groups is 3. The Labute approximate surface area is 164 Å². The molecule has 0 aliphatic carbocycles. The molecule has 2 aromatic rings. The number of hydrogen-bond acceptors (Lipinski definition) is 5. The number of amides is 2. The van der Waals surface area contributed by atoms with Crippen molar-refractivity contribution in [3.8, 4) is 11.5 Å². The molecule has 0 radical (unpaired) electrons. The van der Waals surface area contributed by atoms with Crippen molar-refractivity contribution in [3.63, 3.8) is 0 Å². The van der Waals surface area contributed by atoms with Gasteiger partial charge in [-0.15, -0.1) is 0 Å². The largest absolute Gasteiger partial charge is 0.496 e. The van der Waals surface area contributed by atoms with E-state index in [9.17, 15) is 14.4 Å². The molecule has 7 nitrogen and oxygen atoms in total. The summed E-state index contributed by atoms with van der Waals surface area (Å²) in [6, 6.07) is 11.8. The van der Waals surface area contributed by atoms with E-state index in [1.807, 2.05) is 19.9 Å². The number of methoxy groups -OCH3 is 1. The van der Waals surface area contributed by atoms with E-state index in [2.05, 4.69) is 10.9 Å². The summed E-state index contributed by atoms with van der Waals surface area (Å²) in [5.41, 5.74) is 6.39. The molecular formula is C21H24N2O5. The number of rotatable bonds is 8. The molecule has 2 aromatic carbocycles. The van der Waals surface area contributed by atoms with Crippen LogP contribution in [0.1, 0.15) is 46.0 Å². The van der Waals surface area contributed by atoms with E-state index >= 15 is 0 Å². The summed E-state index contributed by atoms with van der Waals surface area (Å²) in [4.78, 5) is 36.4. The molecule has 0 atom stereocenters. The van der Waals surface area contributed by atoms with E-state index in [-0.39, 0.29) is 18.6 Å². The maximum absolute atomic E-state index is 12.4. The molecule has 0 bridgehead atoms. The summed E-state index contributed by atoms with van der Waals surface area (Å²) in [7, 11) is 1.49. The van der Waals surface area contributed by atoms with E-state index < -0.39 is 11.8 Å². The predicted octanol–water partition coefficient (Wildman–Crippen LogP) is 2.83. The number of aryl methyl sites for hydroxylation is 1. The molecule has 0 aromatic heterocycles. The Kier molecular flexibility index (Phi) is 7.56. The number of hydrazine groups is 1. The van der Waals surface area contributed by atoms with Gasteiger partial charge in [0, 0.05) is 18.4 Å². The van der Waals surface area contributed by atoms with Gasteiger partial charge >= 0.3 is 0 Å². The molecule has 2 N–H and O–H groups in total. The highest BCUT2D eigenvalue weighted by atomic mass is 16.5. The number of carbonyl (C=O) groups excluding carboxylic acids is 3. The third-order valence-electron chi connectivity index (χ3n) is 3.98. The van der Waals surface area contributed by atoms with Crippen LogP contribution in [0.5, 0.6) is 11.5 Å². The first-order chi connectivity index (χ1) is 13.4. The van der Waals surface area contributed by atoms with Gasteiger partial charge in [0.15, 0.2) is 5.78 Å². The molecule has 0 saturated carbocycles. The lowest BCUT2D eigenvalue weighted by Gasteiger charge is -2.10. The van der Waals surface area contributed by atoms with E-state index in [1.165, 1.54) is 7.11 Å². The standard InChI is InChI=1S/C21H24N2O5/c1-4-28-16-8-6-15(7-9-16)21(26)23-22-20(25)12-10-18(24)17-13-14(2)5-11-19(17)27-3/h5-9,11,13H,4,10,12H2,1-3H3,(H,22,25)(H,23,26). The summed E-state index contributed by atoms with van der Waals surface area (Å²) in [6.07, 6.45) is -0.0515. The first-order valence-corrected chi connectivity index (χ1v) is 8.94. The zero-order valence-corrected chi connectivity index (χ0v) is 16.2. The Morgan fingerprint density at radius 3 is 2.32 bits per heavy atom. The summed E-state index contributed by atoms with van der Waals surface area (Å²) >= 11 is 0. The van der Waals surface area contributed by atoms with Gasteiger partial charge in [-0.1, -0.05) is 11.6 Å². The first kappa shape index (κ1) is 21.0. The summed E-state index contributed by atoms with van der Waals surface area (Å²) in [5.74, 6) is 0.0175. The number of hydrogen-bond donors (Lipinski definition) is 2. The highest BCUT2D eigenvalue weighted by Gasteiger charge is 2.15. The van der Waals surface area contributed by atoms with Crippen LogP contribution in [-0.2, 0) is 4.79 Å². The van der Waals surface area contributed by atoms with Crippen molar-refractivity contribution in [2.24, 2.45) is 0 Å². The lowest BCUT2D eigenvalue weighted by atomic mass is 10.0. The Morgan fingerprint density at radius 2 is 1.68 bits per heavy atom. The minimum absolute atomic E-state index is 0.00453. The molecular weight excluding hydrogens is 360 g/mol. The fourth-order valence-corrected chi connectivity index (χ4v) is 2.53. The zero-order valence-electron chi connectivity index (χ0n) is 16.2. The third kappa shape index (κ3) is 5.84. The van der Waals surface area contributed by atoms with Gasteiger partial charge in [-0.3, -0.25) is 25.2 Å². The molecule has 7 heteroatoms. The van der Waals surface area contributed by atoms with Gasteiger partial charge in [-0.25, -0.2) is 0 Å². The molecule has 0 aliphatic rings. The Morgan fingerprint density at radius 1 is 0.964 bits per heavy atom. The first-order valence-electron chi connectivity index (χ1n) is 8.94. The third-order valence-corrected chi connectivity index (χ3v) is 3.98. The quantitative estimate of drug-likeness (QED) is 0.539. The number of ether oxygens (including phenoxy) is 2. The lowest BCUT2D eigenvalue weighted by molar-refractivity contribution is -0.121. The van der Waals surface area contributed by atoms with Gasteiger partial charge in [0.1, 0.15) is 11.5 Å². The van der Waals surface area contributed by atoms with Gasteiger partial charge in [-0.05, 0) is 50.2 Å². The van der Waals surface area contributed by atoms with Crippen molar-refractivity contribution in [2.75, 3.05) is 13.7 Å². The predicted molar refractivity (Wildman–Crippen MR) is 105 cm³/mol. The Bertz CT molecular complexity index is 846. The van der Waals surface area contributed by atoms with Crippen LogP contribution in [0.2, 0.25) is 0 Å². The molecule has 0 spiro atoms. The lowest BCUT2D eigenvalue weighted by Crippen LogP contribution is -2.41. The van der Waals surface area contributed by atoms with Crippen LogP contribution in [0, 0.1) is 6.92 Å². The molecule has 0 saturated heterocycles. The van der Waals surface area contributed by atoms with Crippen molar-refractivity contribution in [1.29, 1.82) is 0 Å². The van der Waals surface area contributed by atoms with Crippen LogP contribution in [0.25, 0.3) is 0 Å². The number of benzene rings is 2. The summed E-state index contributed by atoms with van der Waals surface area (Å²) < 4.78 is 10.5. The van der Waals surface area contributed by atoms with Crippen molar-refractivity contribution < 1.29 is 23.9 Å². The summed E-state index contributed by atoms with van der Waals surface area (Å²) in [6.45, 7) is 4.28. The van der Waals surface area contributed by atoms with Gasteiger partial charge in [0.05, 0.1) is 19.3 Å². The van der Waals surface area contributed by atoms with Crippen molar-refractivity contribution >= 4 is 17.6 Å².